The maximum absolute atomic E-state index is 5.12. The first-order valence-electron chi connectivity index (χ1n) is 3.26. The van der Waals surface area contributed by atoms with Crippen LogP contribution in [0.5, 0.6) is 0 Å². The summed E-state index contributed by atoms with van der Waals surface area (Å²) in [6, 6.07) is 0. The minimum absolute atomic E-state index is 0.173. The Kier molecular flexibility index (Phi) is 5.68. The molecule has 0 aliphatic carbocycles. The van der Waals surface area contributed by atoms with Crippen LogP contribution in [-0.2, 0) is 4.74 Å². The molecule has 0 radical (unpaired) electrons. The molecule has 0 saturated carbocycles. The van der Waals surface area contributed by atoms with Crippen molar-refractivity contribution in [3.8, 4) is 0 Å². The minimum atomic E-state index is 0.173. The molecule has 0 bridgehead atoms. The van der Waals surface area contributed by atoms with E-state index in [-0.39, 0.29) is 11.2 Å². The average Bonchev–Trinajstić information content (AvgIpc) is 1.97. The molecule has 4 nitrogen and oxygen atoms in total. The molecule has 0 heterocycles. The predicted molar refractivity (Wildman–Crippen MR) is 49.5 cm³/mol. The fraction of sp³-hybridized carbons (Fsp3) is 0.667. The van der Waals surface area contributed by atoms with Crippen LogP contribution in [0.3, 0.4) is 0 Å². The molecule has 0 fully saturated rings. The van der Waals surface area contributed by atoms with Crippen LogP contribution < -0.4 is 11.2 Å². The SMILES string of the molecule is COC(C)C/C=N/NC(N)=S. The number of thiocarbonyl (C=S) groups is 1. The van der Waals surface area contributed by atoms with Crippen molar-refractivity contribution >= 4 is 23.5 Å². The van der Waals surface area contributed by atoms with E-state index in [1.807, 2.05) is 6.92 Å². The van der Waals surface area contributed by atoms with Gasteiger partial charge in [-0.1, -0.05) is 0 Å². The Balaban J connectivity index is 3.36. The molecule has 0 saturated heterocycles. The van der Waals surface area contributed by atoms with Crippen LogP contribution in [0.1, 0.15) is 13.3 Å². The lowest BCUT2D eigenvalue weighted by molar-refractivity contribution is 0.125. The maximum Gasteiger partial charge on any atom is 0.184 e. The second-order valence-electron chi connectivity index (χ2n) is 2.07. The third kappa shape index (κ3) is 7.21. The van der Waals surface area contributed by atoms with Gasteiger partial charge in [-0.2, -0.15) is 5.10 Å². The van der Waals surface area contributed by atoms with Crippen molar-refractivity contribution in [1.82, 2.24) is 5.43 Å². The minimum Gasteiger partial charge on any atom is -0.381 e. The van der Waals surface area contributed by atoms with Crippen LogP contribution in [-0.4, -0.2) is 24.5 Å². The first kappa shape index (κ1) is 10.3. The Hall–Kier alpha value is -0.680. The number of rotatable bonds is 4. The predicted octanol–water partition coefficient (Wildman–Crippen LogP) is 0.230. The topological polar surface area (TPSA) is 59.6 Å². The number of hydrogen-bond acceptors (Lipinski definition) is 3. The second-order valence-corrected chi connectivity index (χ2v) is 2.51. The molecule has 0 aliphatic heterocycles. The molecular weight excluding hydrogens is 162 g/mol. The number of nitrogens with one attached hydrogen (secondary N) is 1. The summed E-state index contributed by atoms with van der Waals surface area (Å²) in [5.74, 6) is 0. The van der Waals surface area contributed by atoms with Crippen molar-refractivity contribution in [3.05, 3.63) is 0 Å². The Bertz CT molecular complexity index is 149. The van der Waals surface area contributed by atoms with Gasteiger partial charge in [-0.25, -0.2) is 0 Å². The van der Waals surface area contributed by atoms with Crippen LogP contribution in [0.15, 0.2) is 5.10 Å². The molecular formula is C6H13N3OS. The number of ether oxygens (including phenoxy) is 1. The molecule has 0 spiro atoms. The van der Waals surface area contributed by atoms with Gasteiger partial charge in [0.2, 0.25) is 0 Å². The van der Waals surface area contributed by atoms with Gasteiger partial charge in [-0.15, -0.1) is 0 Å². The molecule has 0 aromatic heterocycles. The summed E-state index contributed by atoms with van der Waals surface area (Å²) in [5, 5.41) is 3.91. The van der Waals surface area contributed by atoms with Gasteiger partial charge >= 0.3 is 0 Å². The van der Waals surface area contributed by atoms with E-state index in [0.29, 0.717) is 0 Å². The largest absolute Gasteiger partial charge is 0.381 e. The van der Waals surface area contributed by atoms with E-state index in [4.69, 9.17) is 10.5 Å². The summed E-state index contributed by atoms with van der Waals surface area (Å²) >= 11 is 4.52. The van der Waals surface area contributed by atoms with Gasteiger partial charge in [0.05, 0.1) is 6.10 Å². The normalized spacial score (nSPS) is 13.3. The Morgan fingerprint density at radius 3 is 3.00 bits per heavy atom. The molecule has 0 aliphatic rings. The highest BCUT2D eigenvalue weighted by Gasteiger charge is 1.93. The first-order chi connectivity index (χ1) is 5.16. The van der Waals surface area contributed by atoms with Crippen molar-refractivity contribution in [2.45, 2.75) is 19.4 Å². The van der Waals surface area contributed by atoms with Gasteiger partial charge in [0, 0.05) is 19.7 Å². The van der Waals surface area contributed by atoms with E-state index >= 15 is 0 Å². The average molecular weight is 175 g/mol. The summed E-state index contributed by atoms with van der Waals surface area (Å²) in [6.07, 6.45) is 2.59. The first-order valence-corrected chi connectivity index (χ1v) is 3.67. The maximum atomic E-state index is 5.12. The lowest BCUT2D eigenvalue weighted by Gasteiger charge is -2.03. The summed E-state index contributed by atoms with van der Waals surface area (Å²) in [4.78, 5) is 0. The van der Waals surface area contributed by atoms with E-state index in [9.17, 15) is 0 Å². The third-order valence-electron chi connectivity index (χ3n) is 1.11. The van der Waals surface area contributed by atoms with Crippen LogP contribution in [0.2, 0.25) is 0 Å². The summed E-state index contributed by atoms with van der Waals surface area (Å²) < 4.78 is 4.97. The number of methoxy groups -OCH3 is 1. The highest BCUT2D eigenvalue weighted by molar-refractivity contribution is 7.80. The lowest BCUT2D eigenvalue weighted by atomic mass is 10.3. The van der Waals surface area contributed by atoms with E-state index in [1.165, 1.54) is 0 Å². The second kappa shape index (κ2) is 6.06. The molecule has 0 amide bonds. The Morgan fingerprint density at radius 1 is 1.91 bits per heavy atom. The molecule has 1 unspecified atom stereocenters. The molecule has 11 heavy (non-hydrogen) atoms. The number of nitrogens with zero attached hydrogens (tertiary/aromatic N) is 1. The van der Waals surface area contributed by atoms with Crippen molar-refractivity contribution < 1.29 is 4.74 Å². The summed E-state index contributed by atoms with van der Waals surface area (Å²) in [6.45, 7) is 1.95. The van der Waals surface area contributed by atoms with Crippen LogP contribution in [0.25, 0.3) is 0 Å². The van der Waals surface area contributed by atoms with Gasteiger partial charge in [0.15, 0.2) is 5.11 Å². The van der Waals surface area contributed by atoms with E-state index in [1.54, 1.807) is 13.3 Å². The van der Waals surface area contributed by atoms with Gasteiger partial charge in [-0.3, -0.25) is 5.43 Å². The van der Waals surface area contributed by atoms with Crippen molar-refractivity contribution in [2.75, 3.05) is 7.11 Å². The van der Waals surface area contributed by atoms with Crippen LogP contribution in [0, 0.1) is 0 Å². The summed E-state index contributed by atoms with van der Waals surface area (Å²) in [5.41, 5.74) is 7.57. The number of hydrogen-bond donors (Lipinski definition) is 2. The quantitative estimate of drug-likeness (QED) is 0.365. The van der Waals surface area contributed by atoms with Crippen molar-refractivity contribution in [3.63, 3.8) is 0 Å². The standard InChI is InChI=1S/C6H13N3OS/c1-5(10-2)3-4-8-9-6(7)11/h4-5H,3H2,1-2H3,(H3,7,9,11)/b8-4+. The lowest BCUT2D eigenvalue weighted by Crippen LogP contribution is -2.24. The Labute approximate surface area is 71.8 Å². The molecule has 5 heteroatoms. The van der Waals surface area contributed by atoms with Gasteiger partial charge < -0.3 is 10.5 Å². The Morgan fingerprint density at radius 2 is 2.55 bits per heavy atom. The number of hydrazone groups is 1. The van der Waals surface area contributed by atoms with E-state index in [0.717, 1.165) is 6.42 Å². The van der Waals surface area contributed by atoms with Gasteiger partial charge in [-0.05, 0) is 19.1 Å². The van der Waals surface area contributed by atoms with Crippen LogP contribution >= 0.6 is 12.2 Å². The fourth-order valence-electron chi connectivity index (χ4n) is 0.407. The zero-order valence-electron chi connectivity index (χ0n) is 6.70. The fourth-order valence-corrected chi connectivity index (χ4v) is 0.459. The van der Waals surface area contributed by atoms with Crippen molar-refractivity contribution in [2.24, 2.45) is 10.8 Å². The van der Waals surface area contributed by atoms with Gasteiger partial charge in [0.25, 0.3) is 0 Å². The monoisotopic (exact) mass is 175 g/mol. The van der Waals surface area contributed by atoms with Crippen molar-refractivity contribution in [1.29, 1.82) is 0 Å². The smallest absolute Gasteiger partial charge is 0.184 e. The molecule has 0 aromatic rings. The highest BCUT2D eigenvalue weighted by atomic mass is 32.1. The molecule has 64 valence electrons. The van der Waals surface area contributed by atoms with Crippen LogP contribution in [0.4, 0.5) is 0 Å². The number of nitrogens with two attached hydrogens (primary N) is 1. The zero-order valence-corrected chi connectivity index (χ0v) is 7.52. The highest BCUT2D eigenvalue weighted by Crippen LogP contribution is 1.90. The molecule has 1 atom stereocenters. The molecule has 3 N–H and O–H groups in total. The molecule has 0 aromatic carbocycles. The summed E-state index contributed by atoms with van der Waals surface area (Å²) in [7, 11) is 1.65. The van der Waals surface area contributed by atoms with Gasteiger partial charge in [0.1, 0.15) is 0 Å². The third-order valence-corrected chi connectivity index (χ3v) is 1.20. The zero-order chi connectivity index (χ0) is 8.69. The van der Waals surface area contributed by atoms with E-state index in [2.05, 4.69) is 22.7 Å². The van der Waals surface area contributed by atoms with E-state index < -0.39 is 0 Å². The molecule has 0 rings (SSSR count).